The van der Waals surface area contributed by atoms with Gasteiger partial charge < -0.3 is 23.7 Å². The average molecular weight is 454 g/mol. The summed E-state index contributed by atoms with van der Waals surface area (Å²) in [4.78, 5) is 36.8. The quantitative estimate of drug-likeness (QED) is 0.374. The molecular formula is C23H22N2O8. The number of ether oxygens (including phenoxy) is 5. The maximum Gasteiger partial charge on any atom is 0.357 e. The van der Waals surface area contributed by atoms with Gasteiger partial charge >= 0.3 is 17.9 Å². The minimum absolute atomic E-state index is 0.0708. The lowest BCUT2D eigenvalue weighted by atomic mass is 10.0. The average Bonchev–Trinajstić information content (AvgIpc) is 3.27. The van der Waals surface area contributed by atoms with Crippen molar-refractivity contribution < 1.29 is 38.1 Å². The van der Waals surface area contributed by atoms with Crippen molar-refractivity contribution in [3.8, 4) is 28.4 Å². The molecule has 0 N–H and O–H groups in total. The number of esters is 3. The number of hydrogen-bond acceptors (Lipinski definition) is 9. The van der Waals surface area contributed by atoms with Gasteiger partial charge in [0.05, 0.1) is 34.1 Å². The molecule has 0 spiro atoms. The fourth-order valence-corrected chi connectivity index (χ4v) is 3.09. The molecule has 3 rings (SSSR count). The zero-order valence-electron chi connectivity index (χ0n) is 18.5. The van der Waals surface area contributed by atoms with Gasteiger partial charge in [0.25, 0.3) is 0 Å². The van der Waals surface area contributed by atoms with E-state index in [1.807, 2.05) is 6.07 Å². The molecule has 0 aliphatic rings. The van der Waals surface area contributed by atoms with Crippen LogP contribution in [0.1, 0.15) is 20.8 Å². The number of para-hydroxylation sites is 1. The summed E-state index contributed by atoms with van der Waals surface area (Å²) in [7, 11) is 5.09. The fraction of sp³-hybridized carbons (Fsp3) is 0.217. The topological polar surface area (TPSA) is 115 Å². The van der Waals surface area contributed by atoms with Gasteiger partial charge in [-0.05, 0) is 30.3 Å². The summed E-state index contributed by atoms with van der Waals surface area (Å²) in [5.74, 6) is -1.53. The molecule has 0 aliphatic carbocycles. The number of carbonyl (C=O) groups is 3. The molecule has 1 heterocycles. The SMILES string of the molecule is COC(=O)COc1ccc(-c2nn(-c3ccccc3)c(C(=O)OC)c2C(=O)OC)cc1OC. The van der Waals surface area contributed by atoms with E-state index < -0.39 is 17.9 Å². The number of carbonyl (C=O) groups excluding carboxylic acids is 3. The van der Waals surface area contributed by atoms with Crippen molar-refractivity contribution in [3.63, 3.8) is 0 Å². The second kappa shape index (κ2) is 10.3. The zero-order valence-corrected chi connectivity index (χ0v) is 18.5. The van der Waals surface area contributed by atoms with E-state index in [1.165, 1.54) is 33.1 Å². The molecule has 0 aliphatic heterocycles. The molecule has 0 amide bonds. The molecule has 0 bridgehead atoms. The maximum absolute atomic E-state index is 12.7. The van der Waals surface area contributed by atoms with Crippen LogP contribution in [0.25, 0.3) is 16.9 Å². The first-order chi connectivity index (χ1) is 15.9. The van der Waals surface area contributed by atoms with Gasteiger partial charge in [0.1, 0.15) is 11.3 Å². The second-order valence-electron chi connectivity index (χ2n) is 6.53. The van der Waals surface area contributed by atoms with E-state index in [1.54, 1.807) is 42.5 Å². The van der Waals surface area contributed by atoms with Gasteiger partial charge in [-0.25, -0.2) is 19.1 Å². The van der Waals surface area contributed by atoms with Gasteiger partial charge in [-0.15, -0.1) is 0 Å². The monoisotopic (exact) mass is 454 g/mol. The summed E-state index contributed by atoms with van der Waals surface area (Å²) in [5.41, 5.74) is 0.995. The van der Waals surface area contributed by atoms with Gasteiger partial charge in [-0.1, -0.05) is 18.2 Å². The Morgan fingerprint density at radius 1 is 0.848 bits per heavy atom. The second-order valence-corrected chi connectivity index (χ2v) is 6.53. The maximum atomic E-state index is 12.7. The summed E-state index contributed by atoms with van der Waals surface area (Å²) in [5, 5.41) is 4.53. The molecule has 1 aromatic heterocycles. The number of benzene rings is 2. The highest BCUT2D eigenvalue weighted by molar-refractivity contribution is 6.06. The van der Waals surface area contributed by atoms with Crippen molar-refractivity contribution in [1.29, 1.82) is 0 Å². The number of nitrogens with zero attached hydrogens (tertiary/aromatic N) is 2. The van der Waals surface area contributed by atoms with Crippen molar-refractivity contribution in [1.82, 2.24) is 9.78 Å². The van der Waals surface area contributed by atoms with Crippen LogP contribution in [0.3, 0.4) is 0 Å². The summed E-state index contributed by atoms with van der Waals surface area (Å²) in [6.07, 6.45) is 0. The highest BCUT2D eigenvalue weighted by Crippen LogP contribution is 2.35. The molecule has 0 radical (unpaired) electrons. The van der Waals surface area contributed by atoms with Crippen LogP contribution in [0.2, 0.25) is 0 Å². The number of methoxy groups -OCH3 is 4. The first-order valence-electron chi connectivity index (χ1n) is 9.68. The third-order valence-electron chi connectivity index (χ3n) is 4.66. The third kappa shape index (κ3) is 4.79. The molecule has 172 valence electrons. The minimum atomic E-state index is -0.766. The standard InChI is InChI=1S/C23H22N2O8/c1-29-17-12-14(10-11-16(17)33-13-18(26)30-2)20-19(22(27)31-3)21(23(28)32-4)25(24-20)15-8-6-5-7-9-15/h5-12H,13H2,1-4H3. The summed E-state index contributed by atoms with van der Waals surface area (Å²) in [6, 6.07) is 13.5. The van der Waals surface area contributed by atoms with E-state index in [9.17, 15) is 14.4 Å². The molecule has 0 atom stereocenters. The Kier molecular flexibility index (Phi) is 7.29. The van der Waals surface area contributed by atoms with E-state index in [0.717, 1.165) is 0 Å². The lowest BCUT2D eigenvalue weighted by molar-refractivity contribution is -0.142. The molecule has 0 saturated heterocycles. The van der Waals surface area contributed by atoms with Crippen LogP contribution in [0.4, 0.5) is 0 Å². The van der Waals surface area contributed by atoms with Crippen molar-refractivity contribution >= 4 is 17.9 Å². The van der Waals surface area contributed by atoms with Gasteiger partial charge in [-0.3, -0.25) is 0 Å². The van der Waals surface area contributed by atoms with Gasteiger partial charge in [0.2, 0.25) is 0 Å². The van der Waals surface area contributed by atoms with Crippen LogP contribution < -0.4 is 9.47 Å². The van der Waals surface area contributed by atoms with Crippen molar-refractivity contribution in [3.05, 3.63) is 59.8 Å². The Labute approximate surface area is 189 Å². The smallest absolute Gasteiger partial charge is 0.357 e. The van der Waals surface area contributed by atoms with Gasteiger partial charge in [-0.2, -0.15) is 5.10 Å². The van der Waals surface area contributed by atoms with Crippen molar-refractivity contribution in [2.75, 3.05) is 35.0 Å². The molecule has 0 fully saturated rings. The van der Waals surface area contributed by atoms with Crippen LogP contribution in [0.15, 0.2) is 48.5 Å². The lowest BCUT2D eigenvalue weighted by Crippen LogP contribution is -2.15. The zero-order chi connectivity index (χ0) is 24.0. The Balaban J connectivity index is 2.20. The molecule has 10 nitrogen and oxygen atoms in total. The largest absolute Gasteiger partial charge is 0.493 e. The van der Waals surface area contributed by atoms with Crippen LogP contribution in [-0.4, -0.2) is 62.7 Å². The van der Waals surface area contributed by atoms with Crippen LogP contribution in [0, 0.1) is 0 Å². The third-order valence-corrected chi connectivity index (χ3v) is 4.66. The first kappa shape index (κ1) is 23.3. The van der Waals surface area contributed by atoms with E-state index >= 15 is 0 Å². The van der Waals surface area contributed by atoms with Crippen LogP contribution >= 0.6 is 0 Å². The summed E-state index contributed by atoms with van der Waals surface area (Å²) < 4.78 is 26.5. The predicted molar refractivity (Wildman–Crippen MR) is 116 cm³/mol. The first-order valence-corrected chi connectivity index (χ1v) is 9.68. The van der Waals surface area contributed by atoms with Gasteiger partial charge in [0, 0.05) is 5.56 Å². The minimum Gasteiger partial charge on any atom is -0.493 e. The highest BCUT2D eigenvalue weighted by Gasteiger charge is 2.31. The summed E-state index contributed by atoms with van der Waals surface area (Å²) in [6.45, 7) is -0.311. The van der Waals surface area contributed by atoms with Crippen LogP contribution in [-0.2, 0) is 19.0 Å². The molecule has 0 saturated carbocycles. The van der Waals surface area contributed by atoms with E-state index in [2.05, 4.69) is 9.84 Å². The Morgan fingerprint density at radius 2 is 1.55 bits per heavy atom. The molecule has 10 heteroatoms. The number of rotatable bonds is 8. The Morgan fingerprint density at radius 3 is 2.15 bits per heavy atom. The predicted octanol–water partition coefficient (Wildman–Crippen LogP) is 2.67. The van der Waals surface area contributed by atoms with Crippen LogP contribution in [0.5, 0.6) is 11.5 Å². The number of aromatic nitrogens is 2. The van der Waals surface area contributed by atoms with Crippen molar-refractivity contribution in [2.24, 2.45) is 0 Å². The summed E-state index contributed by atoms with van der Waals surface area (Å²) >= 11 is 0. The van der Waals surface area contributed by atoms with E-state index in [0.29, 0.717) is 11.3 Å². The normalized spacial score (nSPS) is 10.3. The molecule has 2 aromatic carbocycles. The molecule has 3 aromatic rings. The number of hydrogen-bond donors (Lipinski definition) is 0. The van der Waals surface area contributed by atoms with E-state index in [4.69, 9.17) is 18.9 Å². The molecule has 33 heavy (non-hydrogen) atoms. The Hall–Kier alpha value is -4.34. The van der Waals surface area contributed by atoms with Crippen molar-refractivity contribution in [2.45, 2.75) is 0 Å². The van der Waals surface area contributed by atoms with E-state index in [-0.39, 0.29) is 35.1 Å². The molecular weight excluding hydrogens is 432 g/mol. The van der Waals surface area contributed by atoms with Gasteiger partial charge in [0.15, 0.2) is 23.8 Å². The Bertz CT molecular complexity index is 1170. The highest BCUT2D eigenvalue weighted by atomic mass is 16.6. The lowest BCUT2D eigenvalue weighted by Gasteiger charge is -2.11. The fourth-order valence-electron chi connectivity index (χ4n) is 3.09. The molecule has 0 unspecified atom stereocenters.